The molecule has 0 unspecified atom stereocenters. The molecule has 3 nitrogen and oxygen atoms in total. The van der Waals surface area contributed by atoms with Crippen LogP contribution < -0.4 is 5.32 Å². The van der Waals surface area contributed by atoms with Gasteiger partial charge >= 0.3 is 0 Å². The predicted octanol–water partition coefficient (Wildman–Crippen LogP) is 3.06. The summed E-state index contributed by atoms with van der Waals surface area (Å²) in [5, 5.41) is 7.91. The van der Waals surface area contributed by atoms with Crippen molar-refractivity contribution in [3.05, 3.63) is 17.5 Å². The molecule has 0 fully saturated rings. The van der Waals surface area contributed by atoms with Crippen LogP contribution in [0.2, 0.25) is 0 Å². The molecule has 0 aliphatic rings. The largest absolute Gasteiger partial charge is 0.317 e. The molecular formula is C14H27N3. The number of nitrogens with zero attached hydrogens (tertiary/aromatic N) is 2. The number of aromatic nitrogens is 2. The lowest BCUT2D eigenvalue weighted by molar-refractivity contribution is 0.516. The highest BCUT2D eigenvalue weighted by Gasteiger charge is 1.99. The predicted molar refractivity (Wildman–Crippen MR) is 73.3 cm³/mol. The van der Waals surface area contributed by atoms with E-state index in [1.807, 2.05) is 0 Å². The van der Waals surface area contributed by atoms with Gasteiger partial charge in [0.05, 0.1) is 5.69 Å². The number of hydrogen-bond donors (Lipinski definition) is 1. The fourth-order valence-electron chi connectivity index (χ4n) is 2.07. The standard InChI is InChI=1S/C14H27N3/c1-4-9-15-10-7-5-6-8-11-17-14(3)12-13(2)16-17/h12,15H,4-11H2,1-3H3. The first-order valence-electron chi connectivity index (χ1n) is 6.96. The van der Waals surface area contributed by atoms with Crippen molar-refractivity contribution in [3.8, 4) is 0 Å². The smallest absolute Gasteiger partial charge is 0.0596 e. The van der Waals surface area contributed by atoms with Crippen LogP contribution in [0.5, 0.6) is 0 Å². The lowest BCUT2D eigenvalue weighted by Gasteiger charge is -2.05. The van der Waals surface area contributed by atoms with Crippen LogP contribution in [0.4, 0.5) is 0 Å². The first kappa shape index (κ1) is 14.2. The molecule has 98 valence electrons. The van der Waals surface area contributed by atoms with Crippen molar-refractivity contribution in [2.75, 3.05) is 13.1 Å². The zero-order chi connectivity index (χ0) is 12.5. The molecule has 0 amide bonds. The summed E-state index contributed by atoms with van der Waals surface area (Å²) in [6, 6.07) is 2.15. The molecule has 1 N–H and O–H groups in total. The van der Waals surface area contributed by atoms with Crippen molar-refractivity contribution < 1.29 is 0 Å². The summed E-state index contributed by atoms with van der Waals surface area (Å²) >= 11 is 0. The molecule has 1 heterocycles. The van der Waals surface area contributed by atoms with Crippen LogP contribution in [0.3, 0.4) is 0 Å². The van der Waals surface area contributed by atoms with Crippen LogP contribution in [-0.4, -0.2) is 22.9 Å². The molecule has 0 aliphatic heterocycles. The van der Waals surface area contributed by atoms with Gasteiger partial charge in [-0.25, -0.2) is 0 Å². The molecule has 1 aromatic rings. The van der Waals surface area contributed by atoms with Crippen molar-refractivity contribution in [2.45, 2.75) is 59.4 Å². The van der Waals surface area contributed by atoms with Crippen LogP contribution in [-0.2, 0) is 6.54 Å². The average Bonchev–Trinajstić information content (AvgIpc) is 2.61. The molecule has 1 rings (SSSR count). The zero-order valence-corrected chi connectivity index (χ0v) is 11.6. The lowest BCUT2D eigenvalue weighted by Crippen LogP contribution is -2.15. The van der Waals surface area contributed by atoms with E-state index in [1.165, 1.54) is 44.3 Å². The molecule has 1 aromatic heterocycles. The minimum absolute atomic E-state index is 1.07. The van der Waals surface area contributed by atoms with Gasteiger partial charge < -0.3 is 5.32 Å². The van der Waals surface area contributed by atoms with Gasteiger partial charge in [0.1, 0.15) is 0 Å². The summed E-state index contributed by atoms with van der Waals surface area (Å²) in [4.78, 5) is 0. The third-order valence-electron chi connectivity index (χ3n) is 3.00. The molecule has 0 spiro atoms. The molecule has 17 heavy (non-hydrogen) atoms. The minimum atomic E-state index is 1.07. The first-order chi connectivity index (χ1) is 8.24. The Balaban J connectivity index is 1.99. The number of unbranched alkanes of at least 4 members (excludes halogenated alkanes) is 3. The molecule has 3 heteroatoms. The van der Waals surface area contributed by atoms with E-state index in [0.29, 0.717) is 0 Å². The van der Waals surface area contributed by atoms with Crippen LogP contribution in [0, 0.1) is 13.8 Å². The quantitative estimate of drug-likeness (QED) is 0.669. The van der Waals surface area contributed by atoms with Crippen molar-refractivity contribution in [3.63, 3.8) is 0 Å². The third kappa shape index (κ3) is 5.87. The van der Waals surface area contributed by atoms with Gasteiger partial charge in [-0.1, -0.05) is 19.8 Å². The van der Waals surface area contributed by atoms with Gasteiger partial charge in [-0.15, -0.1) is 0 Å². The van der Waals surface area contributed by atoms with Gasteiger partial charge in [0.25, 0.3) is 0 Å². The van der Waals surface area contributed by atoms with E-state index >= 15 is 0 Å². The van der Waals surface area contributed by atoms with Gasteiger partial charge in [-0.3, -0.25) is 4.68 Å². The topological polar surface area (TPSA) is 29.9 Å². The van der Waals surface area contributed by atoms with Gasteiger partial charge in [-0.05, 0) is 52.3 Å². The van der Waals surface area contributed by atoms with Crippen LogP contribution >= 0.6 is 0 Å². The highest BCUT2D eigenvalue weighted by atomic mass is 15.3. The Kier molecular flexibility index (Phi) is 6.94. The second-order valence-corrected chi connectivity index (χ2v) is 4.81. The molecule has 0 atom stereocenters. The number of rotatable bonds is 9. The average molecular weight is 237 g/mol. The van der Waals surface area contributed by atoms with Crippen molar-refractivity contribution in [1.29, 1.82) is 0 Å². The van der Waals surface area contributed by atoms with E-state index < -0.39 is 0 Å². The summed E-state index contributed by atoms with van der Waals surface area (Å²) in [7, 11) is 0. The monoisotopic (exact) mass is 237 g/mol. The highest BCUT2D eigenvalue weighted by molar-refractivity contribution is 5.06. The Labute approximate surface area is 106 Å². The summed E-state index contributed by atoms with van der Waals surface area (Å²) in [5.74, 6) is 0. The van der Waals surface area contributed by atoms with Crippen LogP contribution in [0.1, 0.15) is 50.4 Å². The van der Waals surface area contributed by atoms with Crippen molar-refractivity contribution >= 4 is 0 Å². The fraction of sp³-hybridized carbons (Fsp3) is 0.786. The molecule has 0 bridgehead atoms. The van der Waals surface area contributed by atoms with Gasteiger partial charge in [-0.2, -0.15) is 5.10 Å². The number of hydrogen-bond acceptors (Lipinski definition) is 2. The van der Waals surface area contributed by atoms with E-state index in [1.54, 1.807) is 0 Å². The Morgan fingerprint density at radius 3 is 2.53 bits per heavy atom. The SMILES string of the molecule is CCCNCCCCCCn1nc(C)cc1C. The van der Waals surface area contributed by atoms with E-state index in [2.05, 4.69) is 41.9 Å². The maximum atomic E-state index is 4.47. The second-order valence-electron chi connectivity index (χ2n) is 4.81. The Morgan fingerprint density at radius 1 is 1.12 bits per heavy atom. The van der Waals surface area contributed by atoms with E-state index in [9.17, 15) is 0 Å². The Bertz CT molecular complexity index is 304. The maximum absolute atomic E-state index is 4.47. The fourth-order valence-corrected chi connectivity index (χ4v) is 2.07. The Morgan fingerprint density at radius 2 is 1.88 bits per heavy atom. The van der Waals surface area contributed by atoms with Crippen molar-refractivity contribution in [2.24, 2.45) is 0 Å². The lowest BCUT2D eigenvalue weighted by atomic mass is 10.2. The molecule has 0 radical (unpaired) electrons. The summed E-state index contributed by atoms with van der Waals surface area (Å²) < 4.78 is 2.13. The summed E-state index contributed by atoms with van der Waals surface area (Å²) in [5.41, 5.74) is 2.42. The van der Waals surface area contributed by atoms with Crippen LogP contribution in [0.25, 0.3) is 0 Å². The molecule has 0 saturated heterocycles. The highest BCUT2D eigenvalue weighted by Crippen LogP contribution is 2.06. The summed E-state index contributed by atoms with van der Waals surface area (Å²) in [6.45, 7) is 9.81. The first-order valence-corrected chi connectivity index (χ1v) is 6.96. The molecule has 0 aliphatic carbocycles. The molecule has 0 saturated carbocycles. The summed E-state index contributed by atoms with van der Waals surface area (Å²) in [6.07, 6.45) is 6.42. The van der Waals surface area contributed by atoms with Crippen molar-refractivity contribution in [1.82, 2.24) is 15.1 Å². The number of aryl methyl sites for hydroxylation is 3. The molecule has 0 aromatic carbocycles. The zero-order valence-electron chi connectivity index (χ0n) is 11.6. The number of nitrogens with one attached hydrogen (secondary N) is 1. The second kappa shape index (κ2) is 8.29. The molecular weight excluding hydrogens is 210 g/mol. The van der Waals surface area contributed by atoms with Gasteiger partial charge in [0.15, 0.2) is 0 Å². The van der Waals surface area contributed by atoms with E-state index in [4.69, 9.17) is 0 Å². The van der Waals surface area contributed by atoms with E-state index in [0.717, 1.165) is 18.8 Å². The normalized spacial score (nSPS) is 11.0. The Hall–Kier alpha value is -0.830. The minimum Gasteiger partial charge on any atom is -0.317 e. The maximum Gasteiger partial charge on any atom is 0.0596 e. The van der Waals surface area contributed by atoms with Crippen LogP contribution in [0.15, 0.2) is 6.07 Å². The van der Waals surface area contributed by atoms with Gasteiger partial charge in [0, 0.05) is 12.2 Å². The van der Waals surface area contributed by atoms with Gasteiger partial charge in [0.2, 0.25) is 0 Å². The van der Waals surface area contributed by atoms with E-state index in [-0.39, 0.29) is 0 Å². The third-order valence-corrected chi connectivity index (χ3v) is 3.00.